The highest BCUT2D eigenvalue weighted by Crippen LogP contribution is 2.03. The van der Waals surface area contributed by atoms with Crippen LogP contribution in [0.5, 0.6) is 0 Å². The van der Waals surface area contributed by atoms with E-state index in [1.165, 1.54) is 0 Å². The van der Waals surface area contributed by atoms with Crippen molar-refractivity contribution in [2.45, 2.75) is 12.6 Å². The van der Waals surface area contributed by atoms with Crippen LogP contribution in [0, 0.1) is 11.3 Å². The molecular formula is C11H13N3O2. The van der Waals surface area contributed by atoms with Crippen LogP contribution >= 0.6 is 0 Å². The molecule has 0 heterocycles. The molecule has 4 N–H and O–H groups in total. The van der Waals surface area contributed by atoms with E-state index in [0.29, 0.717) is 12.1 Å². The first-order valence-corrected chi connectivity index (χ1v) is 4.81. The molecule has 1 unspecified atom stereocenters. The van der Waals surface area contributed by atoms with E-state index < -0.39 is 12.0 Å². The minimum absolute atomic E-state index is 0.201. The predicted octanol–water partition coefficient (Wildman–Crippen LogP) is 0.0598. The Balaban J connectivity index is 2.43. The van der Waals surface area contributed by atoms with Crippen LogP contribution < -0.4 is 11.1 Å². The first-order chi connectivity index (χ1) is 7.63. The van der Waals surface area contributed by atoms with Crippen molar-refractivity contribution >= 4 is 5.97 Å². The quantitative estimate of drug-likeness (QED) is 0.650. The number of benzene rings is 1. The highest BCUT2D eigenvalue weighted by atomic mass is 16.4. The second-order valence-electron chi connectivity index (χ2n) is 3.39. The molecule has 0 spiro atoms. The number of carboxylic acids is 1. The zero-order valence-electron chi connectivity index (χ0n) is 8.68. The second-order valence-corrected chi connectivity index (χ2v) is 3.39. The number of hydrogen-bond donors (Lipinski definition) is 3. The number of carbonyl (C=O) groups is 1. The highest BCUT2D eigenvalue weighted by molar-refractivity contribution is 5.73. The minimum Gasteiger partial charge on any atom is -0.480 e. The fourth-order valence-corrected chi connectivity index (χ4v) is 1.21. The average Bonchev–Trinajstić information content (AvgIpc) is 2.29. The Bertz CT molecular complexity index is 412. The van der Waals surface area contributed by atoms with Gasteiger partial charge in [-0.15, -0.1) is 0 Å². The molecule has 1 aromatic rings. The first-order valence-electron chi connectivity index (χ1n) is 4.81. The molecule has 0 radical (unpaired) electrons. The number of nitriles is 1. The van der Waals surface area contributed by atoms with Gasteiger partial charge in [-0.25, -0.2) is 0 Å². The van der Waals surface area contributed by atoms with Gasteiger partial charge in [-0.3, -0.25) is 4.79 Å². The van der Waals surface area contributed by atoms with Gasteiger partial charge in [0, 0.05) is 13.1 Å². The molecule has 1 aromatic carbocycles. The third-order valence-electron chi connectivity index (χ3n) is 2.07. The molecule has 16 heavy (non-hydrogen) atoms. The fourth-order valence-electron chi connectivity index (χ4n) is 1.21. The third-order valence-corrected chi connectivity index (χ3v) is 2.07. The fraction of sp³-hybridized carbons (Fsp3) is 0.273. The van der Waals surface area contributed by atoms with E-state index in [-0.39, 0.29) is 6.54 Å². The molecule has 1 atom stereocenters. The third kappa shape index (κ3) is 3.69. The average molecular weight is 219 g/mol. The van der Waals surface area contributed by atoms with E-state index in [2.05, 4.69) is 5.32 Å². The van der Waals surface area contributed by atoms with E-state index in [4.69, 9.17) is 16.1 Å². The molecule has 84 valence electrons. The van der Waals surface area contributed by atoms with Crippen molar-refractivity contribution in [3.8, 4) is 6.07 Å². The van der Waals surface area contributed by atoms with Crippen LogP contribution in [0.2, 0.25) is 0 Å². The van der Waals surface area contributed by atoms with E-state index in [9.17, 15) is 4.79 Å². The van der Waals surface area contributed by atoms with Crippen molar-refractivity contribution in [1.29, 1.82) is 5.26 Å². The van der Waals surface area contributed by atoms with Crippen molar-refractivity contribution < 1.29 is 9.90 Å². The normalized spacial score (nSPS) is 11.8. The number of hydrogen-bond acceptors (Lipinski definition) is 4. The van der Waals surface area contributed by atoms with Gasteiger partial charge in [0.05, 0.1) is 11.6 Å². The molecule has 0 fully saturated rings. The SMILES string of the molecule is N#Cc1cccc(CNCC(N)C(=O)O)c1. The van der Waals surface area contributed by atoms with Crippen molar-refractivity contribution in [2.75, 3.05) is 6.54 Å². The van der Waals surface area contributed by atoms with Gasteiger partial charge < -0.3 is 16.2 Å². The van der Waals surface area contributed by atoms with Gasteiger partial charge in [0.1, 0.15) is 6.04 Å². The summed E-state index contributed by atoms with van der Waals surface area (Å²) in [5, 5.41) is 20.2. The summed E-state index contributed by atoms with van der Waals surface area (Å²) in [6, 6.07) is 8.24. The Morgan fingerprint density at radius 1 is 1.62 bits per heavy atom. The van der Waals surface area contributed by atoms with Gasteiger partial charge in [-0.05, 0) is 17.7 Å². The van der Waals surface area contributed by atoms with Crippen LogP contribution in [0.25, 0.3) is 0 Å². The molecule has 0 aliphatic heterocycles. The van der Waals surface area contributed by atoms with Gasteiger partial charge in [0.15, 0.2) is 0 Å². The molecule has 5 heteroatoms. The summed E-state index contributed by atoms with van der Waals surface area (Å²) in [7, 11) is 0. The maximum Gasteiger partial charge on any atom is 0.321 e. The zero-order chi connectivity index (χ0) is 12.0. The molecule has 0 aromatic heterocycles. The monoisotopic (exact) mass is 219 g/mol. The van der Waals surface area contributed by atoms with Crippen LogP contribution in [0.1, 0.15) is 11.1 Å². The lowest BCUT2D eigenvalue weighted by Crippen LogP contribution is -2.40. The van der Waals surface area contributed by atoms with E-state index >= 15 is 0 Å². The van der Waals surface area contributed by atoms with Crippen LogP contribution in [0.4, 0.5) is 0 Å². The predicted molar refractivity (Wildman–Crippen MR) is 58.5 cm³/mol. The Labute approximate surface area is 93.5 Å². The lowest BCUT2D eigenvalue weighted by molar-refractivity contribution is -0.138. The summed E-state index contributed by atoms with van der Waals surface area (Å²) in [5.41, 5.74) is 6.83. The van der Waals surface area contributed by atoms with Gasteiger partial charge >= 0.3 is 5.97 Å². The van der Waals surface area contributed by atoms with Gasteiger partial charge in [-0.1, -0.05) is 12.1 Å². The summed E-state index contributed by atoms with van der Waals surface area (Å²) < 4.78 is 0. The molecule has 1 rings (SSSR count). The highest BCUT2D eigenvalue weighted by Gasteiger charge is 2.09. The lowest BCUT2D eigenvalue weighted by atomic mass is 10.1. The number of nitrogens with two attached hydrogens (primary N) is 1. The van der Waals surface area contributed by atoms with E-state index in [0.717, 1.165) is 5.56 Å². The lowest BCUT2D eigenvalue weighted by Gasteiger charge is -2.08. The Kier molecular flexibility index (Phi) is 4.45. The molecule has 0 aliphatic carbocycles. The molecule has 0 amide bonds. The number of nitrogens with zero attached hydrogens (tertiary/aromatic N) is 1. The smallest absolute Gasteiger partial charge is 0.321 e. The van der Waals surface area contributed by atoms with E-state index in [1.807, 2.05) is 12.1 Å². The Hall–Kier alpha value is -1.90. The Morgan fingerprint density at radius 3 is 3.00 bits per heavy atom. The van der Waals surface area contributed by atoms with Crippen LogP contribution in [-0.2, 0) is 11.3 Å². The summed E-state index contributed by atoms with van der Waals surface area (Å²) in [6.45, 7) is 0.697. The summed E-state index contributed by atoms with van der Waals surface area (Å²) in [4.78, 5) is 10.4. The molecule has 0 aliphatic rings. The molecule has 0 saturated carbocycles. The second kappa shape index (κ2) is 5.85. The van der Waals surface area contributed by atoms with Crippen LogP contribution in [0.15, 0.2) is 24.3 Å². The van der Waals surface area contributed by atoms with E-state index in [1.54, 1.807) is 18.2 Å². The van der Waals surface area contributed by atoms with Crippen molar-refractivity contribution in [3.05, 3.63) is 35.4 Å². The molecular weight excluding hydrogens is 206 g/mol. The summed E-state index contributed by atoms with van der Waals surface area (Å²) in [6.07, 6.45) is 0. The molecule has 0 saturated heterocycles. The zero-order valence-corrected chi connectivity index (χ0v) is 8.68. The van der Waals surface area contributed by atoms with Crippen molar-refractivity contribution in [2.24, 2.45) is 5.73 Å². The molecule has 0 bridgehead atoms. The topological polar surface area (TPSA) is 99.1 Å². The Morgan fingerprint density at radius 2 is 2.38 bits per heavy atom. The molecule has 5 nitrogen and oxygen atoms in total. The van der Waals surface area contributed by atoms with Crippen LogP contribution in [-0.4, -0.2) is 23.7 Å². The summed E-state index contributed by atoms with van der Waals surface area (Å²) in [5.74, 6) is -1.03. The van der Waals surface area contributed by atoms with Gasteiger partial charge in [-0.2, -0.15) is 5.26 Å². The number of aliphatic carboxylic acids is 1. The minimum atomic E-state index is -1.03. The van der Waals surface area contributed by atoms with Crippen LogP contribution in [0.3, 0.4) is 0 Å². The first kappa shape index (κ1) is 12.2. The number of nitrogens with one attached hydrogen (secondary N) is 1. The van der Waals surface area contributed by atoms with Gasteiger partial charge in [0.25, 0.3) is 0 Å². The van der Waals surface area contributed by atoms with Gasteiger partial charge in [0.2, 0.25) is 0 Å². The number of carboxylic acid groups (broad SMARTS) is 1. The number of rotatable bonds is 5. The largest absolute Gasteiger partial charge is 0.480 e. The van der Waals surface area contributed by atoms with Crippen molar-refractivity contribution in [1.82, 2.24) is 5.32 Å². The summed E-state index contributed by atoms with van der Waals surface area (Å²) >= 11 is 0. The van der Waals surface area contributed by atoms with Crippen molar-refractivity contribution in [3.63, 3.8) is 0 Å². The maximum absolute atomic E-state index is 10.4. The maximum atomic E-state index is 10.4. The standard InChI is InChI=1S/C11H13N3O2/c12-5-8-2-1-3-9(4-8)6-14-7-10(13)11(15)16/h1-4,10,14H,6-7,13H2,(H,15,16).